The average Bonchev–Trinajstić information content (AvgIpc) is 3.97. The minimum absolute atomic E-state index is 0.596. The van der Waals surface area contributed by atoms with Crippen molar-refractivity contribution < 1.29 is 8.83 Å². The fraction of sp³-hybridized carbons (Fsp3) is 0. The van der Waals surface area contributed by atoms with Crippen molar-refractivity contribution in [1.29, 1.82) is 0 Å². The summed E-state index contributed by atoms with van der Waals surface area (Å²) in [7, 11) is 0. The van der Waals surface area contributed by atoms with Crippen LogP contribution in [0.5, 0.6) is 0 Å². The molecule has 4 heterocycles. The Morgan fingerprint density at radius 2 is 0.877 bits per heavy atom. The first kappa shape index (κ1) is 31.9. The largest absolute Gasteiger partial charge is 0.456 e. The van der Waals surface area contributed by atoms with Crippen molar-refractivity contribution in [2.75, 3.05) is 0 Å². The maximum absolute atomic E-state index is 6.25. The molecule has 0 fully saturated rings. The first-order chi connectivity index (χ1) is 28.2. The molecule has 0 amide bonds. The highest BCUT2D eigenvalue weighted by Crippen LogP contribution is 2.44. The van der Waals surface area contributed by atoms with Crippen molar-refractivity contribution in [2.45, 2.75) is 0 Å². The quantitative estimate of drug-likeness (QED) is 0.175. The second kappa shape index (κ2) is 12.6. The Morgan fingerprint density at radius 3 is 1.67 bits per heavy atom. The summed E-state index contributed by atoms with van der Waals surface area (Å²) in [5, 5.41) is 6.85. The number of nitrogens with zero attached hydrogens (tertiary/aromatic N) is 3. The molecule has 0 aliphatic rings. The summed E-state index contributed by atoms with van der Waals surface area (Å²) in [5.41, 5.74) is 10.9. The van der Waals surface area contributed by atoms with E-state index in [-0.39, 0.29) is 0 Å². The molecule has 0 N–H and O–H groups in total. The first-order valence-electron chi connectivity index (χ1n) is 18.9. The molecule has 0 saturated heterocycles. The smallest absolute Gasteiger partial charge is 0.164 e. The maximum Gasteiger partial charge on any atom is 0.164 e. The van der Waals surface area contributed by atoms with Gasteiger partial charge in [0.25, 0.3) is 0 Å². The second-order valence-electron chi connectivity index (χ2n) is 14.3. The summed E-state index contributed by atoms with van der Waals surface area (Å²) in [6, 6.07) is 61.1. The van der Waals surface area contributed by atoms with Crippen molar-refractivity contribution >= 4 is 75.4 Å². The predicted octanol–water partition coefficient (Wildman–Crippen LogP) is 14.4. The second-order valence-corrected chi connectivity index (χ2v) is 15.4. The first-order valence-corrected chi connectivity index (χ1v) is 19.7. The number of para-hydroxylation sites is 2. The van der Waals surface area contributed by atoms with E-state index in [0.29, 0.717) is 17.5 Å². The third-order valence-corrected chi connectivity index (χ3v) is 12.1. The Labute approximate surface area is 330 Å². The number of rotatable bonds is 5. The molecule has 0 aliphatic heterocycles. The van der Waals surface area contributed by atoms with Crippen LogP contribution in [0.25, 0.3) is 120 Å². The molecule has 0 aliphatic carbocycles. The lowest BCUT2D eigenvalue weighted by Gasteiger charge is -2.12. The third-order valence-electron chi connectivity index (χ3n) is 11.0. The van der Waals surface area contributed by atoms with Gasteiger partial charge < -0.3 is 8.83 Å². The molecule has 266 valence electrons. The number of furan rings is 2. The van der Waals surface area contributed by atoms with Crippen LogP contribution in [0.2, 0.25) is 0 Å². The van der Waals surface area contributed by atoms with Gasteiger partial charge in [-0.1, -0.05) is 127 Å². The van der Waals surface area contributed by atoms with E-state index in [9.17, 15) is 0 Å². The van der Waals surface area contributed by atoms with Gasteiger partial charge in [0.2, 0.25) is 0 Å². The van der Waals surface area contributed by atoms with Crippen LogP contribution in [-0.4, -0.2) is 15.0 Å². The lowest BCUT2D eigenvalue weighted by atomic mass is 9.91. The van der Waals surface area contributed by atoms with Crippen LogP contribution in [0.4, 0.5) is 0 Å². The van der Waals surface area contributed by atoms with Crippen LogP contribution in [0.15, 0.2) is 185 Å². The van der Waals surface area contributed by atoms with Crippen LogP contribution in [-0.2, 0) is 0 Å². The average molecular weight is 748 g/mol. The minimum Gasteiger partial charge on any atom is -0.456 e. The summed E-state index contributed by atoms with van der Waals surface area (Å²) < 4.78 is 14.8. The molecule has 0 radical (unpaired) electrons. The zero-order valence-corrected chi connectivity index (χ0v) is 31.1. The standard InChI is InChI=1S/C51H29N3O2S/c1-2-11-30(12-3-1)49-52-50(32-21-24-38-36-15-6-8-18-42(36)56-45(38)28-32)54-51(53-49)33-22-25-40-47(29-33)57-46-20-10-17-39(48(40)46)35-14-5-4-13-34(35)31-23-26-44-41(27-31)37-16-7-9-19-43(37)55-44/h1-29H. The van der Waals surface area contributed by atoms with Gasteiger partial charge in [-0.3, -0.25) is 0 Å². The zero-order chi connectivity index (χ0) is 37.5. The van der Waals surface area contributed by atoms with Gasteiger partial charge in [0.1, 0.15) is 22.3 Å². The molecule has 8 aromatic carbocycles. The fourth-order valence-electron chi connectivity index (χ4n) is 8.27. The van der Waals surface area contributed by atoms with Gasteiger partial charge >= 0.3 is 0 Å². The SMILES string of the molecule is c1ccc(-c2nc(-c3ccc4c(c3)oc3ccccc34)nc(-c3ccc4c(c3)sc3cccc(-c5ccccc5-c5ccc6oc7ccccc7c6c5)c34)n2)cc1. The Morgan fingerprint density at radius 1 is 0.316 bits per heavy atom. The van der Waals surface area contributed by atoms with E-state index < -0.39 is 0 Å². The highest BCUT2D eigenvalue weighted by atomic mass is 32.1. The van der Waals surface area contributed by atoms with Crippen LogP contribution in [0.3, 0.4) is 0 Å². The van der Waals surface area contributed by atoms with E-state index >= 15 is 0 Å². The monoisotopic (exact) mass is 747 g/mol. The maximum atomic E-state index is 6.25. The van der Waals surface area contributed by atoms with E-state index in [4.69, 9.17) is 23.8 Å². The van der Waals surface area contributed by atoms with Crippen molar-refractivity contribution in [3.63, 3.8) is 0 Å². The highest BCUT2D eigenvalue weighted by Gasteiger charge is 2.19. The topological polar surface area (TPSA) is 65.0 Å². The van der Waals surface area contributed by atoms with Gasteiger partial charge in [0, 0.05) is 58.4 Å². The highest BCUT2D eigenvalue weighted by molar-refractivity contribution is 7.26. The van der Waals surface area contributed by atoms with Gasteiger partial charge in [-0.25, -0.2) is 15.0 Å². The van der Waals surface area contributed by atoms with E-state index in [0.717, 1.165) is 66.1 Å². The molecule has 0 saturated carbocycles. The summed E-state index contributed by atoms with van der Waals surface area (Å²) in [4.78, 5) is 15.2. The Balaban J connectivity index is 0.993. The van der Waals surface area contributed by atoms with Crippen LogP contribution in [0.1, 0.15) is 0 Å². The van der Waals surface area contributed by atoms with E-state index in [1.165, 1.54) is 36.9 Å². The molecule has 0 unspecified atom stereocenters. The number of hydrogen-bond acceptors (Lipinski definition) is 6. The lowest BCUT2D eigenvalue weighted by Crippen LogP contribution is -2.00. The molecule has 0 bridgehead atoms. The number of hydrogen-bond donors (Lipinski definition) is 0. The van der Waals surface area contributed by atoms with Crippen molar-refractivity contribution in [3.05, 3.63) is 176 Å². The van der Waals surface area contributed by atoms with Crippen molar-refractivity contribution in [2.24, 2.45) is 0 Å². The Bertz CT molecular complexity index is 3540. The van der Waals surface area contributed by atoms with Gasteiger partial charge in [0.05, 0.1) is 0 Å². The molecule has 12 aromatic rings. The molecular formula is C51H29N3O2S. The third kappa shape index (κ3) is 5.19. The van der Waals surface area contributed by atoms with Gasteiger partial charge in [-0.2, -0.15) is 0 Å². The summed E-state index contributed by atoms with van der Waals surface area (Å²) in [5.74, 6) is 1.84. The minimum atomic E-state index is 0.596. The fourth-order valence-corrected chi connectivity index (χ4v) is 9.44. The number of aromatic nitrogens is 3. The molecule has 5 nitrogen and oxygen atoms in total. The summed E-state index contributed by atoms with van der Waals surface area (Å²) in [6.45, 7) is 0. The number of benzene rings is 8. The molecular weight excluding hydrogens is 719 g/mol. The zero-order valence-electron chi connectivity index (χ0n) is 30.3. The van der Waals surface area contributed by atoms with Crippen molar-refractivity contribution in [1.82, 2.24) is 15.0 Å². The summed E-state index contributed by atoms with van der Waals surface area (Å²) in [6.07, 6.45) is 0. The molecule has 4 aromatic heterocycles. The molecule has 6 heteroatoms. The number of fused-ring (bicyclic) bond motifs is 9. The van der Waals surface area contributed by atoms with Gasteiger partial charge in [-0.15, -0.1) is 11.3 Å². The number of thiophene rings is 1. The normalized spacial score (nSPS) is 11.9. The van der Waals surface area contributed by atoms with E-state index in [1.807, 2.05) is 66.7 Å². The lowest BCUT2D eigenvalue weighted by molar-refractivity contribution is 0.668. The predicted molar refractivity (Wildman–Crippen MR) is 234 cm³/mol. The molecule has 12 rings (SSSR count). The summed E-state index contributed by atoms with van der Waals surface area (Å²) >= 11 is 1.79. The van der Waals surface area contributed by atoms with Gasteiger partial charge in [0.15, 0.2) is 17.5 Å². The van der Waals surface area contributed by atoms with E-state index in [1.54, 1.807) is 11.3 Å². The molecule has 0 atom stereocenters. The van der Waals surface area contributed by atoms with Crippen LogP contribution < -0.4 is 0 Å². The van der Waals surface area contributed by atoms with Crippen LogP contribution >= 0.6 is 11.3 Å². The van der Waals surface area contributed by atoms with E-state index in [2.05, 4.69) is 109 Å². The molecule has 0 spiro atoms. The Hall–Kier alpha value is -7.41. The molecule has 57 heavy (non-hydrogen) atoms. The van der Waals surface area contributed by atoms with Crippen LogP contribution in [0, 0.1) is 0 Å². The van der Waals surface area contributed by atoms with Crippen molar-refractivity contribution in [3.8, 4) is 56.4 Å². The van der Waals surface area contributed by atoms with Gasteiger partial charge in [-0.05, 0) is 70.8 Å². The Kier molecular flexibility index (Phi) is 7.03.